The molecule has 0 heterocycles. The van der Waals surface area contributed by atoms with Crippen LogP contribution in [0.25, 0.3) is 0 Å². The maximum atomic E-state index is 8.54. The molecule has 0 aliphatic carbocycles. The van der Waals surface area contributed by atoms with Gasteiger partial charge in [0.05, 0.1) is 6.61 Å². The summed E-state index contributed by atoms with van der Waals surface area (Å²) in [5.41, 5.74) is 0.965. The maximum absolute atomic E-state index is 8.54. The molecule has 0 radical (unpaired) electrons. The van der Waals surface area contributed by atoms with Gasteiger partial charge >= 0.3 is 0 Å². The molecule has 0 saturated heterocycles. The van der Waals surface area contributed by atoms with E-state index in [1.165, 1.54) is 0 Å². The smallest absolute Gasteiger partial charge is 0.0681 e. The second-order valence-corrected chi connectivity index (χ2v) is 1.64. The van der Waals surface area contributed by atoms with Gasteiger partial charge in [0.1, 0.15) is 0 Å². The summed E-state index contributed by atoms with van der Waals surface area (Å²) in [5, 5.41) is 8.54. The van der Waals surface area contributed by atoms with Crippen LogP contribution in [-0.2, 0) is 28.3 Å². The van der Waals surface area contributed by atoms with Crippen molar-refractivity contribution in [2.24, 2.45) is 0 Å². The second-order valence-electron chi connectivity index (χ2n) is 1.64. The zero-order chi connectivity index (χ0) is 5.82. The van der Waals surface area contributed by atoms with Gasteiger partial charge in [0.2, 0.25) is 0 Å². The molecule has 1 aromatic rings. The molecule has 0 atom stereocenters. The second kappa shape index (κ2) is 4.74. The third-order valence-electron chi connectivity index (χ3n) is 1.03. The minimum Gasteiger partial charge on any atom is -0.392 e. The normalized spacial score (nSPS) is 8.11. The van der Waals surface area contributed by atoms with Crippen molar-refractivity contribution in [3.05, 3.63) is 35.9 Å². The molecule has 0 saturated carbocycles. The summed E-state index contributed by atoms with van der Waals surface area (Å²) in [7, 11) is 0. The first-order valence-corrected chi connectivity index (χ1v) is 2.58. The number of aliphatic hydroxyl groups is 1. The SMILES string of the molecule is OCc1ccccc1.[Ti]. The molecular weight excluding hydrogens is 148 g/mol. The van der Waals surface area contributed by atoms with Crippen LogP contribution in [0.1, 0.15) is 5.56 Å². The van der Waals surface area contributed by atoms with Gasteiger partial charge in [-0.1, -0.05) is 30.3 Å². The van der Waals surface area contributed by atoms with Gasteiger partial charge in [0.25, 0.3) is 0 Å². The summed E-state index contributed by atoms with van der Waals surface area (Å²) < 4.78 is 0. The van der Waals surface area contributed by atoms with E-state index in [0.29, 0.717) is 0 Å². The van der Waals surface area contributed by atoms with Gasteiger partial charge in [-0.3, -0.25) is 0 Å². The van der Waals surface area contributed by atoms with E-state index in [4.69, 9.17) is 5.11 Å². The first-order valence-electron chi connectivity index (χ1n) is 2.58. The Labute approximate surface area is 69.6 Å². The van der Waals surface area contributed by atoms with Crippen LogP contribution in [0, 0.1) is 0 Å². The van der Waals surface area contributed by atoms with Crippen LogP contribution >= 0.6 is 0 Å². The van der Waals surface area contributed by atoms with Crippen molar-refractivity contribution in [3.8, 4) is 0 Å². The van der Waals surface area contributed by atoms with Crippen LogP contribution in [0.4, 0.5) is 0 Å². The molecule has 0 unspecified atom stereocenters. The van der Waals surface area contributed by atoms with E-state index >= 15 is 0 Å². The molecule has 1 N–H and O–H groups in total. The van der Waals surface area contributed by atoms with Crippen molar-refractivity contribution in [1.29, 1.82) is 0 Å². The van der Waals surface area contributed by atoms with E-state index in [-0.39, 0.29) is 28.3 Å². The molecule has 2 heteroatoms. The number of aliphatic hydroxyl groups excluding tert-OH is 1. The van der Waals surface area contributed by atoms with E-state index in [1.807, 2.05) is 30.3 Å². The van der Waals surface area contributed by atoms with Gasteiger partial charge in [-0.25, -0.2) is 0 Å². The molecule has 46 valence electrons. The Morgan fingerprint density at radius 2 is 1.67 bits per heavy atom. The van der Waals surface area contributed by atoms with Gasteiger partial charge in [0, 0.05) is 21.7 Å². The van der Waals surface area contributed by atoms with Crippen LogP contribution in [0.3, 0.4) is 0 Å². The zero-order valence-corrected chi connectivity index (χ0v) is 6.60. The molecule has 0 spiro atoms. The van der Waals surface area contributed by atoms with Crippen molar-refractivity contribution in [3.63, 3.8) is 0 Å². The Balaban J connectivity index is 0.000000640. The minimum absolute atomic E-state index is 0. The molecule has 0 fully saturated rings. The van der Waals surface area contributed by atoms with Crippen LogP contribution < -0.4 is 0 Å². The monoisotopic (exact) mass is 156 g/mol. The molecule has 1 rings (SSSR count). The van der Waals surface area contributed by atoms with Crippen molar-refractivity contribution in [2.75, 3.05) is 0 Å². The molecule has 1 nitrogen and oxygen atoms in total. The molecule has 0 amide bonds. The molecule has 9 heavy (non-hydrogen) atoms. The van der Waals surface area contributed by atoms with Crippen LogP contribution in [0.2, 0.25) is 0 Å². The first kappa shape index (κ1) is 8.89. The minimum atomic E-state index is 0. The molecule has 0 bridgehead atoms. The number of rotatable bonds is 1. The van der Waals surface area contributed by atoms with E-state index in [1.54, 1.807) is 0 Å². The largest absolute Gasteiger partial charge is 0.392 e. The third kappa shape index (κ3) is 2.80. The summed E-state index contributed by atoms with van der Waals surface area (Å²) in [6, 6.07) is 9.52. The Hall–Kier alpha value is -0.106. The van der Waals surface area contributed by atoms with Crippen LogP contribution in [-0.4, -0.2) is 5.11 Å². The quantitative estimate of drug-likeness (QED) is 0.605. The summed E-state index contributed by atoms with van der Waals surface area (Å²) >= 11 is 0. The zero-order valence-electron chi connectivity index (χ0n) is 5.04. The van der Waals surface area contributed by atoms with Gasteiger partial charge < -0.3 is 5.11 Å². The van der Waals surface area contributed by atoms with E-state index in [9.17, 15) is 0 Å². The maximum Gasteiger partial charge on any atom is 0.0681 e. The van der Waals surface area contributed by atoms with E-state index in [2.05, 4.69) is 0 Å². The van der Waals surface area contributed by atoms with Gasteiger partial charge in [0.15, 0.2) is 0 Å². The summed E-state index contributed by atoms with van der Waals surface area (Å²) in [5.74, 6) is 0. The first-order chi connectivity index (χ1) is 3.93. The average molecular weight is 156 g/mol. The van der Waals surface area contributed by atoms with Crippen LogP contribution in [0.15, 0.2) is 30.3 Å². The fourth-order valence-corrected chi connectivity index (χ4v) is 0.583. The predicted molar refractivity (Wildman–Crippen MR) is 32.4 cm³/mol. The Kier molecular flexibility index (Phi) is 4.69. The topological polar surface area (TPSA) is 20.2 Å². The van der Waals surface area contributed by atoms with Crippen molar-refractivity contribution < 1.29 is 26.8 Å². The predicted octanol–water partition coefficient (Wildman–Crippen LogP) is 1.18. The summed E-state index contributed by atoms with van der Waals surface area (Å²) in [6.45, 7) is 0.140. The van der Waals surface area contributed by atoms with Gasteiger partial charge in [-0.15, -0.1) is 0 Å². The molecule has 1 aromatic carbocycles. The molecular formula is C7H8OTi. The Morgan fingerprint density at radius 3 is 2.00 bits per heavy atom. The summed E-state index contributed by atoms with van der Waals surface area (Å²) in [6.07, 6.45) is 0. The van der Waals surface area contributed by atoms with Gasteiger partial charge in [-0.2, -0.15) is 0 Å². The fourth-order valence-electron chi connectivity index (χ4n) is 0.583. The molecule has 0 aliphatic heterocycles. The van der Waals surface area contributed by atoms with E-state index < -0.39 is 0 Å². The standard InChI is InChI=1S/C7H8O.Ti/c8-6-7-4-2-1-3-5-7;/h1-5,8H,6H2;. The Morgan fingerprint density at radius 1 is 1.11 bits per heavy atom. The summed E-state index contributed by atoms with van der Waals surface area (Å²) in [4.78, 5) is 0. The molecule has 0 aliphatic rings. The fraction of sp³-hybridized carbons (Fsp3) is 0.143. The number of benzene rings is 1. The third-order valence-corrected chi connectivity index (χ3v) is 1.03. The van der Waals surface area contributed by atoms with Crippen molar-refractivity contribution in [1.82, 2.24) is 0 Å². The van der Waals surface area contributed by atoms with Crippen LogP contribution in [0.5, 0.6) is 0 Å². The number of hydrogen-bond acceptors (Lipinski definition) is 1. The molecule has 0 aromatic heterocycles. The number of hydrogen-bond donors (Lipinski definition) is 1. The van der Waals surface area contributed by atoms with Gasteiger partial charge in [-0.05, 0) is 5.56 Å². The van der Waals surface area contributed by atoms with Crippen molar-refractivity contribution in [2.45, 2.75) is 6.61 Å². The average Bonchev–Trinajstić information content (AvgIpc) is 1.90. The Bertz CT molecular complexity index is 150. The van der Waals surface area contributed by atoms with Crippen molar-refractivity contribution >= 4 is 0 Å². The van der Waals surface area contributed by atoms with E-state index in [0.717, 1.165) is 5.56 Å².